The highest BCUT2D eigenvalue weighted by molar-refractivity contribution is 6.62. The summed E-state index contributed by atoms with van der Waals surface area (Å²) >= 11 is 0. The zero-order valence-electron chi connectivity index (χ0n) is 25.9. The van der Waals surface area contributed by atoms with Gasteiger partial charge in [0.15, 0.2) is 0 Å². The van der Waals surface area contributed by atoms with E-state index in [1.807, 2.05) is 44.2 Å². The van der Waals surface area contributed by atoms with Crippen LogP contribution in [-0.2, 0) is 33.9 Å². The van der Waals surface area contributed by atoms with E-state index in [4.69, 9.17) is 22.7 Å². The van der Waals surface area contributed by atoms with Gasteiger partial charge in [-0.2, -0.15) is 0 Å². The highest BCUT2D eigenvalue weighted by Gasteiger charge is 2.60. The second kappa shape index (κ2) is 15.0. The van der Waals surface area contributed by atoms with Crippen LogP contribution in [0, 0.1) is 5.92 Å². The summed E-state index contributed by atoms with van der Waals surface area (Å²) in [6, 6.07) is 9.52. The van der Waals surface area contributed by atoms with Crippen LogP contribution in [0.4, 0.5) is 0 Å². The van der Waals surface area contributed by atoms with E-state index in [0.29, 0.717) is 38.5 Å². The summed E-state index contributed by atoms with van der Waals surface area (Å²) < 4.78 is 30.4. The van der Waals surface area contributed by atoms with E-state index in [2.05, 4.69) is 39.7 Å². The number of nitrogens with one attached hydrogen (secondary N) is 3. The summed E-state index contributed by atoms with van der Waals surface area (Å²) in [6.45, 7) is 9.89. The minimum Gasteiger partial charge on any atom is -0.414 e. The smallest absolute Gasteiger partial charge is 0.414 e. The molecule has 1 aromatic heterocycles. The van der Waals surface area contributed by atoms with Gasteiger partial charge in [0.2, 0.25) is 5.91 Å². The molecular weight excluding hydrogens is 581 g/mol. The zero-order valence-corrected chi connectivity index (χ0v) is 26.9. The fourth-order valence-electron chi connectivity index (χ4n) is 5.99. The first-order valence-electron chi connectivity index (χ1n) is 15.6. The van der Waals surface area contributed by atoms with Crippen LogP contribution in [-0.4, -0.2) is 93.8 Å². The maximum Gasteiger partial charge on any atom is 0.502 e. The molecule has 1 aromatic carbocycles. The highest BCUT2D eigenvalue weighted by Crippen LogP contribution is 2.40. The third-order valence-corrected chi connectivity index (χ3v) is 11.1. The van der Waals surface area contributed by atoms with Crippen molar-refractivity contribution in [2.75, 3.05) is 19.8 Å². The minimum absolute atomic E-state index is 0.0415. The van der Waals surface area contributed by atoms with Gasteiger partial charge in [0, 0.05) is 38.0 Å². The number of hydrogen-bond acceptors (Lipinski definition) is 10. The van der Waals surface area contributed by atoms with Crippen molar-refractivity contribution in [3.05, 3.63) is 60.2 Å². The average molecular weight is 626 g/mol. The van der Waals surface area contributed by atoms with Crippen molar-refractivity contribution in [2.45, 2.75) is 89.4 Å². The zero-order chi connectivity index (χ0) is 31.1. The lowest BCUT2D eigenvalue weighted by molar-refractivity contribution is -0.123. The van der Waals surface area contributed by atoms with Crippen LogP contribution in [0.5, 0.6) is 0 Å². The molecule has 0 radical (unpaired) electrons. The topological polar surface area (TPSA) is 142 Å². The Bertz CT molecular complexity index is 1220. The summed E-state index contributed by atoms with van der Waals surface area (Å²) in [5, 5.41) is 9.43. The van der Waals surface area contributed by atoms with E-state index in [1.165, 1.54) is 18.6 Å². The van der Waals surface area contributed by atoms with Crippen molar-refractivity contribution < 1.29 is 32.3 Å². The SMILES string of the molecule is CC(C)C[C@H](NC(=O)[C@H](Cc1ccccc1)NC(=O)c1cnccn1)B1NCC(COCCC[Si]23OC(C)C(O2)C(C)O3)O1. The summed E-state index contributed by atoms with van der Waals surface area (Å²) in [4.78, 5) is 34.7. The van der Waals surface area contributed by atoms with E-state index in [9.17, 15) is 9.59 Å². The molecule has 5 atom stereocenters. The van der Waals surface area contributed by atoms with Crippen LogP contribution < -0.4 is 15.9 Å². The number of hydrogen-bond donors (Lipinski definition) is 3. The number of benzene rings is 1. The molecule has 3 aliphatic rings. The van der Waals surface area contributed by atoms with Crippen LogP contribution in [0.1, 0.15) is 56.6 Å². The molecule has 3 fully saturated rings. The second-order valence-electron chi connectivity index (χ2n) is 12.2. The first kappa shape index (κ1) is 32.7. The van der Waals surface area contributed by atoms with E-state index >= 15 is 0 Å². The molecular formula is C30H44BN5O7Si. The van der Waals surface area contributed by atoms with Crippen molar-refractivity contribution >= 4 is 27.7 Å². The molecule has 238 valence electrons. The number of amides is 2. The molecule has 14 heteroatoms. The molecule has 4 heterocycles. The maximum atomic E-state index is 13.7. The van der Waals surface area contributed by atoms with E-state index in [0.717, 1.165) is 18.0 Å². The number of ether oxygens (including phenoxy) is 1. The molecule has 0 aliphatic carbocycles. The Morgan fingerprint density at radius 3 is 2.57 bits per heavy atom. The molecule has 3 N–H and O–H groups in total. The predicted octanol–water partition coefficient (Wildman–Crippen LogP) is 1.93. The molecule has 44 heavy (non-hydrogen) atoms. The molecule has 5 rings (SSSR count). The van der Waals surface area contributed by atoms with Crippen LogP contribution >= 0.6 is 0 Å². The van der Waals surface area contributed by atoms with Gasteiger partial charge in [0.1, 0.15) is 11.7 Å². The lowest BCUT2D eigenvalue weighted by Crippen LogP contribution is -2.57. The molecule has 0 spiro atoms. The summed E-state index contributed by atoms with van der Waals surface area (Å²) in [6.07, 6.45) is 6.19. The molecule has 2 bridgehead atoms. The Morgan fingerprint density at radius 1 is 1.11 bits per heavy atom. The number of nitrogens with zero attached hydrogens (tertiary/aromatic N) is 2. The van der Waals surface area contributed by atoms with E-state index in [-0.39, 0.29) is 49.0 Å². The van der Waals surface area contributed by atoms with Crippen molar-refractivity contribution in [3.63, 3.8) is 0 Å². The van der Waals surface area contributed by atoms with Crippen molar-refractivity contribution in [1.29, 1.82) is 0 Å². The maximum absolute atomic E-state index is 13.7. The fourth-order valence-corrected chi connectivity index (χ4v) is 9.29. The molecule has 2 aromatic rings. The second-order valence-corrected chi connectivity index (χ2v) is 14.8. The fraction of sp³-hybridized carbons (Fsp3) is 0.600. The number of rotatable bonds is 15. The molecule has 0 saturated carbocycles. The Hall–Kier alpha value is -2.72. The third kappa shape index (κ3) is 8.50. The van der Waals surface area contributed by atoms with Gasteiger partial charge >= 0.3 is 15.9 Å². The normalized spacial score (nSPS) is 27.4. The first-order valence-corrected chi connectivity index (χ1v) is 17.6. The van der Waals surface area contributed by atoms with Crippen molar-refractivity contribution in [2.24, 2.45) is 5.92 Å². The molecule has 3 unspecified atom stereocenters. The minimum atomic E-state index is -2.56. The number of carbonyl (C=O) groups is 2. The lowest BCUT2D eigenvalue weighted by Gasteiger charge is -2.27. The molecule has 2 amide bonds. The van der Waals surface area contributed by atoms with Crippen molar-refractivity contribution in [3.8, 4) is 0 Å². The molecule has 12 nitrogen and oxygen atoms in total. The van der Waals surface area contributed by atoms with Gasteiger partial charge in [0.05, 0.1) is 43.2 Å². The summed E-state index contributed by atoms with van der Waals surface area (Å²) in [7, 11) is -2.95. The van der Waals surface area contributed by atoms with Gasteiger partial charge in [0.25, 0.3) is 5.91 Å². The lowest BCUT2D eigenvalue weighted by atomic mass is 9.70. The van der Waals surface area contributed by atoms with Gasteiger partial charge in [-0.05, 0) is 38.2 Å². The van der Waals surface area contributed by atoms with Crippen LogP contribution in [0.2, 0.25) is 6.04 Å². The van der Waals surface area contributed by atoms with Gasteiger partial charge in [-0.3, -0.25) is 14.6 Å². The number of aromatic nitrogens is 2. The van der Waals surface area contributed by atoms with Gasteiger partial charge in [-0.1, -0.05) is 44.2 Å². The van der Waals surface area contributed by atoms with Crippen LogP contribution in [0.15, 0.2) is 48.9 Å². The van der Waals surface area contributed by atoms with Crippen LogP contribution in [0.3, 0.4) is 0 Å². The summed E-state index contributed by atoms with van der Waals surface area (Å²) in [5.74, 6) is -0.757. The highest BCUT2D eigenvalue weighted by atomic mass is 28.4. The van der Waals surface area contributed by atoms with Crippen LogP contribution in [0.25, 0.3) is 0 Å². The predicted molar refractivity (Wildman–Crippen MR) is 165 cm³/mol. The third-order valence-electron chi connectivity index (χ3n) is 8.05. The Kier molecular flexibility index (Phi) is 11.2. The average Bonchev–Trinajstić information content (AvgIpc) is 3.70. The van der Waals surface area contributed by atoms with E-state index < -0.39 is 20.8 Å². The van der Waals surface area contributed by atoms with Gasteiger partial charge < -0.3 is 38.5 Å². The molecule has 3 saturated heterocycles. The number of carbonyl (C=O) groups excluding carboxylic acids is 2. The van der Waals surface area contributed by atoms with E-state index in [1.54, 1.807) is 0 Å². The standard InChI is InChI=1S/C30H44BN5O7Si/c1-20(2)15-27(31-34-17-24(40-31)19-39-13-8-14-44-41-21(3)28(43-44)22(4)42-44)36-29(37)25(16-23-9-6-5-7-10-23)35-30(38)26-18-32-11-12-33-26/h5-7,9-12,18,20-22,24-25,27-28,34H,8,13-17,19H2,1-4H3,(H,35,38)(H,36,37)/t21?,22?,24?,25-,27-,28?,44?/m0/s1. The molecule has 3 aliphatic heterocycles. The van der Waals surface area contributed by atoms with Crippen molar-refractivity contribution in [1.82, 2.24) is 25.8 Å². The Morgan fingerprint density at radius 2 is 1.89 bits per heavy atom. The quantitative estimate of drug-likeness (QED) is 0.199. The van der Waals surface area contributed by atoms with Gasteiger partial charge in [-0.25, -0.2) is 4.98 Å². The monoisotopic (exact) mass is 625 g/mol. The first-order chi connectivity index (χ1) is 21.2. The Balaban J connectivity index is 1.13. The summed E-state index contributed by atoms with van der Waals surface area (Å²) in [5.41, 5.74) is 1.08. The van der Waals surface area contributed by atoms with Gasteiger partial charge in [-0.15, -0.1) is 0 Å². The Labute approximate surface area is 260 Å². The number of fused-ring (bicyclic) bond motifs is 2. The largest absolute Gasteiger partial charge is 0.502 e.